The highest BCUT2D eigenvalue weighted by Crippen LogP contribution is 2.22. The first-order chi connectivity index (χ1) is 12.6. The highest BCUT2D eigenvalue weighted by Gasteiger charge is 2.27. The molecule has 1 aliphatic heterocycles. The Hall–Kier alpha value is -1.70. The van der Waals surface area contributed by atoms with Gasteiger partial charge in [0.25, 0.3) is 0 Å². The van der Waals surface area contributed by atoms with Crippen LogP contribution >= 0.6 is 23.2 Å². The van der Waals surface area contributed by atoms with Crippen LogP contribution in [0.5, 0.6) is 0 Å². The van der Waals surface area contributed by atoms with E-state index in [0.29, 0.717) is 35.4 Å². The molecule has 0 bridgehead atoms. The van der Waals surface area contributed by atoms with Gasteiger partial charge in [0.1, 0.15) is 5.60 Å². The fraction of sp³-hybridized carbons (Fsp3) is 0.556. The Bertz CT molecular complexity index is 651. The fourth-order valence-electron chi connectivity index (χ4n) is 2.74. The number of benzene rings is 1. The molecule has 1 fully saturated rings. The Morgan fingerprint density at radius 1 is 1.15 bits per heavy atom. The zero-order chi connectivity index (χ0) is 20.0. The third-order valence-corrected chi connectivity index (χ3v) is 4.44. The normalized spacial score (nSPS) is 15.4. The number of nitrogens with one attached hydrogen (secondary N) is 3. The monoisotopic (exact) mass is 417 g/mol. The van der Waals surface area contributed by atoms with Gasteiger partial charge in [0.05, 0.1) is 39.3 Å². The lowest BCUT2D eigenvalue weighted by atomic mass is 10.2. The van der Waals surface area contributed by atoms with E-state index in [-0.39, 0.29) is 12.1 Å². The molecule has 1 aromatic carbocycles. The molecule has 0 aliphatic carbocycles. The zero-order valence-corrected chi connectivity index (χ0v) is 17.4. The molecular formula is C18H27Cl2N4O3+. The number of hydrogen-bond donors (Lipinski definition) is 3. The molecule has 1 aromatic rings. The Morgan fingerprint density at radius 2 is 1.74 bits per heavy atom. The van der Waals surface area contributed by atoms with Crippen LogP contribution in [-0.4, -0.2) is 61.9 Å². The summed E-state index contributed by atoms with van der Waals surface area (Å²) in [7, 11) is 0. The molecule has 3 amide bonds. The summed E-state index contributed by atoms with van der Waals surface area (Å²) in [4.78, 5) is 27.1. The van der Waals surface area contributed by atoms with E-state index in [9.17, 15) is 9.59 Å². The third kappa shape index (κ3) is 7.82. The van der Waals surface area contributed by atoms with Crippen molar-refractivity contribution in [2.75, 3.05) is 44.6 Å². The highest BCUT2D eigenvalue weighted by atomic mass is 35.5. The van der Waals surface area contributed by atoms with E-state index in [1.165, 1.54) is 4.90 Å². The van der Waals surface area contributed by atoms with Crippen LogP contribution in [-0.2, 0) is 4.74 Å². The minimum Gasteiger partial charge on any atom is -0.444 e. The number of carbonyl (C=O) groups is 2. The van der Waals surface area contributed by atoms with Crippen molar-refractivity contribution in [3.05, 3.63) is 28.2 Å². The van der Waals surface area contributed by atoms with Gasteiger partial charge in [-0.15, -0.1) is 0 Å². The lowest BCUT2D eigenvalue weighted by Gasteiger charge is -2.33. The average molecular weight is 418 g/mol. The predicted octanol–water partition coefficient (Wildman–Crippen LogP) is 2.25. The SMILES string of the molecule is CC(C)(C)OC(=O)N1CC[NH+](CCNC(=O)Nc2cc(Cl)cc(Cl)c2)CC1. The second-order valence-electron chi connectivity index (χ2n) is 7.51. The number of nitrogens with zero attached hydrogens (tertiary/aromatic N) is 1. The fourth-order valence-corrected chi connectivity index (χ4v) is 3.26. The minimum atomic E-state index is -0.481. The number of quaternary nitrogens is 1. The number of rotatable bonds is 4. The summed E-state index contributed by atoms with van der Waals surface area (Å²) in [6, 6.07) is 4.56. The third-order valence-electron chi connectivity index (χ3n) is 4.01. The number of piperazine rings is 1. The van der Waals surface area contributed by atoms with E-state index >= 15 is 0 Å². The van der Waals surface area contributed by atoms with Crippen molar-refractivity contribution in [2.45, 2.75) is 26.4 Å². The van der Waals surface area contributed by atoms with Crippen molar-refractivity contribution >= 4 is 41.0 Å². The molecular weight excluding hydrogens is 391 g/mol. The Morgan fingerprint density at radius 3 is 2.30 bits per heavy atom. The first kappa shape index (κ1) is 21.6. The van der Waals surface area contributed by atoms with E-state index in [1.807, 2.05) is 20.8 Å². The molecule has 27 heavy (non-hydrogen) atoms. The lowest BCUT2D eigenvalue weighted by Crippen LogP contribution is -3.15. The van der Waals surface area contributed by atoms with Gasteiger partial charge in [-0.1, -0.05) is 23.2 Å². The van der Waals surface area contributed by atoms with Crippen LogP contribution in [0.25, 0.3) is 0 Å². The van der Waals surface area contributed by atoms with Crippen LogP contribution in [0.15, 0.2) is 18.2 Å². The Labute approximate surface area is 169 Å². The highest BCUT2D eigenvalue weighted by molar-refractivity contribution is 6.35. The molecule has 3 N–H and O–H groups in total. The van der Waals surface area contributed by atoms with E-state index in [1.54, 1.807) is 23.1 Å². The maximum atomic E-state index is 12.1. The van der Waals surface area contributed by atoms with E-state index in [4.69, 9.17) is 27.9 Å². The molecule has 0 radical (unpaired) electrons. The van der Waals surface area contributed by atoms with Crippen LogP contribution in [0.2, 0.25) is 10.0 Å². The van der Waals surface area contributed by atoms with Crippen molar-refractivity contribution in [2.24, 2.45) is 0 Å². The molecule has 1 saturated heterocycles. The minimum absolute atomic E-state index is 0.265. The van der Waals surface area contributed by atoms with Crippen molar-refractivity contribution in [1.29, 1.82) is 0 Å². The molecule has 0 unspecified atom stereocenters. The van der Waals surface area contributed by atoms with Gasteiger partial charge in [0.15, 0.2) is 0 Å². The van der Waals surface area contributed by atoms with Gasteiger partial charge < -0.3 is 20.3 Å². The maximum absolute atomic E-state index is 12.1. The van der Waals surface area contributed by atoms with Gasteiger partial charge >= 0.3 is 12.1 Å². The van der Waals surface area contributed by atoms with Crippen molar-refractivity contribution in [3.8, 4) is 0 Å². The molecule has 0 spiro atoms. The maximum Gasteiger partial charge on any atom is 0.410 e. The molecule has 7 nitrogen and oxygen atoms in total. The van der Waals surface area contributed by atoms with Crippen LogP contribution in [0.4, 0.5) is 15.3 Å². The van der Waals surface area contributed by atoms with Crippen molar-refractivity contribution in [3.63, 3.8) is 0 Å². The Kier molecular flexibility index (Phi) is 7.59. The van der Waals surface area contributed by atoms with Gasteiger partial charge in [0, 0.05) is 15.7 Å². The summed E-state index contributed by atoms with van der Waals surface area (Å²) in [5.74, 6) is 0. The molecule has 0 atom stereocenters. The van der Waals surface area contributed by atoms with Gasteiger partial charge in [-0.3, -0.25) is 4.90 Å². The summed E-state index contributed by atoms with van der Waals surface area (Å²) in [5.41, 5.74) is 0.0642. The van der Waals surface area contributed by atoms with Crippen LogP contribution in [0, 0.1) is 0 Å². The molecule has 9 heteroatoms. The average Bonchev–Trinajstić information content (AvgIpc) is 2.52. The summed E-state index contributed by atoms with van der Waals surface area (Å²) in [6.45, 7) is 9.85. The molecule has 150 valence electrons. The van der Waals surface area contributed by atoms with Crippen LogP contribution in [0.1, 0.15) is 20.8 Å². The standard InChI is InChI=1S/C18H26Cl2N4O3/c1-18(2,3)27-17(26)24-8-6-23(7-9-24)5-4-21-16(25)22-15-11-13(19)10-14(20)12-15/h10-12H,4-9H2,1-3H3,(H2,21,22,25)/p+1. The zero-order valence-electron chi connectivity index (χ0n) is 15.9. The predicted molar refractivity (Wildman–Crippen MR) is 107 cm³/mol. The second kappa shape index (κ2) is 9.48. The molecule has 1 aliphatic rings. The molecule has 1 heterocycles. The quantitative estimate of drug-likeness (QED) is 0.702. The van der Waals surface area contributed by atoms with Gasteiger partial charge in [-0.25, -0.2) is 9.59 Å². The first-order valence-corrected chi connectivity index (χ1v) is 9.70. The summed E-state index contributed by atoms with van der Waals surface area (Å²) < 4.78 is 5.39. The van der Waals surface area contributed by atoms with Crippen LogP contribution in [0.3, 0.4) is 0 Å². The number of hydrogen-bond acceptors (Lipinski definition) is 3. The Balaban J connectivity index is 1.66. The molecule has 2 rings (SSSR count). The summed E-state index contributed by atoms with van der Waals surface area (Å²) in [6.07, 6.45) is -0.265. The number of halogens is 2. The first-order valence-electron chi connectivity index (χ1n) is 8.95. The largest absolute Gasteiger partial charge is 0.444 e. The van der Waals surface area contributed by atoms with Crippen molar-refractivity contribution in [1.82, 2.24) is 10.2 Å². The van der Waals surface area contributed by atoms with Crippen LogP contribution < -0.4 is 15.5 Å². The van der Waals surface area contributed by atoms with E-state index in [2.05, 4.69) is 10.6 Å². The number of urea groups is 1. The smallest absolute Gasteiger partial charge is 0.410 e. The van der Waals surface area contributed by atoms with E-state index < -0.39 is 5.60 Å². The molecule has 0 aromatic heterocycles. The summed E-state index contributed by atoms with van der Waals surface area (Å²) >= 11 is 11.8. The number of anilines is 1. The summed E-state index contributed by atoms with van der Waals surface area (Å²) in [5, 5.41) is 6.45. The number of ether oxygens (including phenoxy) is 1. The lowest BCUT2D eigenvalue weighted by molar-refractivity contribution is -0.902. The van der Waals surface area contributed by atoms with Crippen molar-refractivity contribution < 1.29 is 19.2 Å². The topological polar surface area (TPSA) is 75.1 Å². The number of amides is 3. The van der Waals surface area contributed by atoms with E-state index in [0.717, 1.165) is 19.6 Å². The number of carbonyl (C=O) groups excluding carboxylic acids is 2. The van der Waals surface area contributed by atoms with Gasteiger partial charge in [0.2, 0.25) is 0 Å². The van der Waals surface area contributed by atoms with Gasteiger partial charge in [-0.05, 0) is 39.0 Å². The van der Waals surface area contributed by atoms with Gasteiger partial charge in [-0.2, -0.15) is 0 Å². The second-order valence-corrected chi connectivity index (χ2v) is 8.38. The molecule has 0 saturated carbocycles.